The smallest absolute Gasteiger partial charge is 0.222 e. The minimum absolute atomic E-state index is 0.308. The summed E-state index contributed by atoms with van der Waals surface area (Å²) in [7, 11) is 0. The van der Waals surface area contributed by atoms with Crippen molar-refractivity contribution in [2.45, 2.75) is 57.7 Å². The Kier molecular flexibility index (Phi) is 4.84. The molecular formula is C20H28N2O3. The van der Waals surface area contributed by atoms with Crippen LogP contribution in [0.25, 0.3) is 0 Å². The third kappa shape index (κ3) is 3.22. The van der Waals surface area contributed by atoms with Crippen molar-refractivity contribution in [2.24, 2.45) is 0 Å². The van der Waals surface area contributed by atoms with Gasteiger partial charge in [0.05, 0.1) is 0 Å². The van der Waals surface area contributed by atoms with Gasteiger partial charge in [-0.05, 0) is 38.3 Å². The van der Waals surface area contributed by atoms with E-state index in [1.165, 1.54) is 18.4 Å². The summed E-state index contributed by atoms with van der Waals surface area (Å²) in [6.45, 7) is 6.12. The molecule has 5 heteroatoms. The molecule has 2 fully saturated rings. The van der Waals surface area contributed by atoms with Gasteiger partial charge in [0.15, 0.2) is 11.5 Å². The third-order valence-corrected chi connectivity index (χ3v) is 5.80. The Morgan fingerprint density at radius 1 is 1.12 bits per heavy atom. The van der Waals surface area contributed by atoms with E-state index >= 15 is 0 Å². The van der Waals surface area contributed by atoms with Crippen molar-refractivity contribution in [2.75, 3.05) is 26.3 Å². The zero-order chi connectivity index (χ0) is 17.2. The van der Waals surface area contributed by atoms with Gasteiger partial charge in [0, 0.05) is 37.2 Å². The maximum Gasteiger partial charge on any atom is 0.222 e. The van der Waals surface area contributed by atoms with Gasteiger partial charge in [-0.2, -0.15) is 0 Å². The van der Waals surface area contributed by atoms with Crippen molar-refractivity contribution in [1.82, 2.24) is 9.80 Å². The summed E-state index contributed by atoms with van der Waals surface area (Å²) >= 11 is 0. The van der Waals surface area contributed by atoms with Gasteiger partial charge in [-0.15, -0.1) is 0 Å². The Balaban J connectivity index is 1.52. The molecule has 0 aliphatic carbocycles. The second kappa shape index (κ2) is 7.24. The molecule has 4 rings (SSSR count). The van der Waals surface area contributed by atoms with E-state index in [0.717, 1.165) is 44.0 Å². The topological polar surface area (TPSA) is 42.0 Å². The number of amides is 1. The van der Waals surface area contributed by atoms with Gasteiger partial charge in [0.2, 0.25) is 5.91 Å². The zero-order valence-electron chi connectivity index (χ0n) is 15.1. The maximum absolute atomic E-state index is 12.3. The van der Waals surface area contributed by atoms with E-state index in [-0.39, 0.29) is 0 Å². The summed E-state index contributed by atoms with van der Waals surface area (Å²) in [5.74, 6) is 2.08. The molecule has 3 aliphatic heterocycles. The van der Waals surface area contributed by atoms with Crippen molar-refractivity contribution < 1.29 is 14.3 Å². The van der Waals surface area contributed by atoms with E-state index in [0.29, 0.717) is 37.6 Å². The minimum Gasteiger partial charge on any atom is -0.486 e. The van der Waals surface area contributed by atoms with E-state index in [1.807, 2.05) is 13.0 Å². The summed E-state index contributed by atoms with van der Waals surface area (Å²) in [6, 6.07) is 7.03. The number of hydrogen-bond donors (Lipinski definition) is 0. The number of para-hydroxylation sites is 1. The molecule has 25 heavy (non-hydrogen) atoms. The second-order valence-corrected chi connectivity index (χ2v) is 7.27. The predicted molar refractivity (Wildman–Crippen MR) is 95.9 cm³/mol. The van der Waals surface area contributed by atoms with Gasteiger partial charge in [-0.3, -0.25) is 9.69 Å². The minimum atomic E-state index is 0.308. The first-order valence-corrected chi connectivity index (χ1v) is 9.69. The highest BCUT2D eigenvalue weighted by Crippen LogP contribution is 2.37. The van der Waals surface area contributed by atoms with Crippen LogP contribution in [0.3, 0.4) is 0 Å². The first-order valence-electron chi connectivity index (χ1n) is 9.69. The molecule has 0 aromatic heterocycles. The number of nitrogens with zero attached hydrogens (tertiary/aromatic N) is 2. The number of ether oxygens (including phenoxy) is 2. The van der Waals surface area contributed by atoms with E-state index in [1.54, 1.807) is 0 Å². The van der Waals surface area contributed by atoms with Gasteiger partial charge < -0.3 is 14.4 Å². The van der Waals surface area contributed by atoms with Crippen molar-refractivity contribution in [3.8, 4) is 11.5 Å². The Morgan fingerprint density at radius 2 is 1.92 bits per heavy atom. The van der Waals surface area contributed by atoms with E-state index in [2.05, 4.69) is 21.9 Å². The molecule has 3 aliphatic rings. The average molecular weight is 344 g/mol. The van der Waals surface area contributed by atoms with Gasteiger partial charge in [-0.25, -0.2) is 0 Å². The summed E-state index contributed by atoms with van der Waals surface area (Å²) in [5.41, 5.74) is 1.20. The Morgan fingerprint density at radius 3 is 2.80 bits per heavy atom. The number of benzene rings is 1. The fraction of sp³-hybridized carbons (Fsp3) is 0.650. The molecule has 0 N–H and O–H groups in total. The zero-order valence-corrected chi connectivity index (χ0v) is 15.1. The largest absolute Gasteiger partial charge is 0.486 e. The molecule has 0 saturated carbocycles. The lowest BCUT2D eigenvalue weighted by Gasteiger charge is -2.35. The highest BCUT2D eigenvalue weighted by Gasteiger charge is 2.39. The predicted octanol–water partition coefficient (Wildman–Crippen LogP) is 2.82. The number of carbonyl (C=O) groups is 1. The SMILES string of the molecule is CCC(=O)N1CCCC1C1CCCN1Cc1cccc2c1OCCO2. The molecule has 1 aromatic rings. The summed E-state index contributed by atoms with van der Waals surface area (Å²) in [6.07, 6.45) is 5.28. The Labute approximate surface area is 149 Å². The quantitative estimate of drug-likeness (QED) is 0.842. The van der Waals surface area contributed by atoms with E-state index < -0.39 is 0 Å². The highest BCUT2D eigenvalue weighted by molar-refractivity contribution is 5.76. The summed E-state index contributed by atoms with van der Waals surface area (Å²) in [4.78, 5) is 17.0. The van der Waals surface area contributed by atoms with Gasteiger partial charge in [0.25, 0.3) is 0 Å². The fourth-order valence-corrected chi connectivity index (χ4v) is 4.67. The van der Waals surface area contributed by atoms with Gasteiger partial charge in [0.1, 0.15) is 13.2 Å². The summed E-state index contributed by atoms with van der Waals surface area (Å²) < 4.78 is 11.6. The van der Waals surface area contributed by atoms with Crippen molar-refractivity contribution in [3.05, 3.63) is 23.8 Å². The third-order valence-electron chi connectivity index (χ3n) is 5.80. The molecule has 0 radical (unpaired) electrons. The van der Waals surface area contributed by atoms with Crippen LogP contribution in [-0.2, 0) is 11.3 Å². The van der Waals surface area contributed by atoms with Crippen LogP contribution in [0.2, 0.25) is 0 Å². The van der Waals surface area contributed by atoms with Crippen LogP contribution < -0.4 is 9.47 Å². The lowest BCUT2D eigenvalue weighted by atomic mass is 10.0. The first-order chi connectivity index (χ1) is 12.3. The molecule has 0 bridgehead atoms. The van der Waals surface area contributed by atoms with Crippen molar-refractivity contribution in [1.29, 1.82) is 0 Å². The van der Waals surface area contributed by atoms with Crippen LogP contribution in [0.5, 0.6) is 11.5 Å². The molecule has 0 spiro atoms. The molecule has 1 amide bonds. The number of rotatable bonds is 4. The monoisotopic (exact) mass is 344 g/mol. The number of hydrogen-bond acceptors (Lipinski definition) is 4. The molecule has 136 valence electrons. The van der Waals surface area contributed by atoms with E-state index in [4.69, 9.17) is 9.47 Å². The standard InChI is InChI=1S/C20H28N2O3/c1-2-19(23)22-11-5-8-17(22)16-7-4-10-21(16)14-15-6-3-9-18-20(15)25-13-12-24-18/h3,6,9,16-17H,2,4-5,7-8,10-14H2,1H3. The van der Waals surface area contributed by atoms with Crippen molar-refractivity contribution in [3.63, 3.8) is 0 Å². The first kappa shape index (κ1) is 16.7. The van der Waals surface area contributed by atoms with Crippen LogP contribution >= 0.6 is 0 Å². The lowest BCUT2D eigenvalue weighted by molar-refractivity contribution is -0.132. The van der Waals surface area contributed by atoms with E-state index in [9.17, 15) is 4.79 Å². The van der Waals surface area contributed by atoms with Crippen LogP contribution in [0.4, 0.5) is 0 Å². The van der Waals surface area contributed by atoms with Crippen LogP contribution in [0.15, 0.2) is 18.2 Å². The lowest BCUT2D eigenvalue weighted by Crippen LogP contribution is -2.47. The molecule has 2 saturated heterocycles. The highest BCUT2D eigenvalue weighted by atomic mass is 16.6. The molecule has 1 aromatic carbocycles. The summed E-state index contributed by atoms with van der Waals surface area (Å²) in [5, 5.41) is 0. The van der Waals surface area contributed by atoms with Gasteiger partial charge in [-0.1, -0.05) is 19.1 Å². The average Bonchev–Trinajstić information content (AvgIpc) is 3.30. The Hall–Kier alpha value is -1.75. The fourth-order valence-electron chi connectivity index (χ4n) is 4.67. The van der Waals surface area contributed by atoms with Crippen molar-refractivity contribution >= 4 is 5.91 Å². The molecule has 3 heterocycles. The van der Waals surface area contributed by atoms with Crippen LogP contribution in [-0.4, -0.2) is 54.1 Å². The number of fused-ring (bicyclic) bond motifs is 1. The Bertz CT molecular complexity index is 633. The number of carbonyl (C=O) groups excluding carboxylic acids is 1. The molecular weight excluding hydrogens is 316 g/mol. The van der Waals surface area contributed by atoms with Crippen LogP contribution in [0.1, 0.15) is 44.6 Å². The number of likely N-dealkylation sites (tertiary alicyclic amines) is 2. The van der Waals surface area contributed by atoms with Crippen LogP contribution in [0, 0.1) is 0 Å². The maximum atomic E-state index is 12.3. The molecule has 5 nitrogen and oxygen atoms in total. The normalized spacial score (nSPS) is 26.2. The van der Waals surface area contributed by atoms with Gasteiger partial charge >= 0.3 is 0 Å². The molecule has 2 atom stereocenters. The second-order valence-electron chi connectivity index (χ2n) is 7.27. The molecule has 2 unspecified atom stereocenters.